The largest absolute Gasteiger partial charge is 0.300 e. The molecule has 2 aliphatic heterocycles. The lowest BCUT2D eigenvalue weighted by atomic mass is 9.73. The van der Waals surface area contributed by atoms with Crippen LogP contribution >= 0.6 is 0 Å². The van der Waals surface area contributed by atoms with Crippen molar-refractivity contribution in [3.63, 3.8) is 0 Å². The monoisotopic (exact) mass is 327 g/mol. The standard InChI is InChI=1S/C22H33NO/c1-5-15(6-2)16-8-10-17(11-9-16)19-14-18-12-13-20(23(18)4)22(19)21(24)7-3/h8-11,15,18-20,22H,5-7,12-14H2,1-4H3/t18?,19-,20?,22+/m1/s1. The van der Waals surface area contributed by atoms with Crippen molar-refractivity contribution in [2.45, 2.75) is 83.2 Å². The Balaban J connectivity index is 1.87. The summed E-state index contributed by atoms with van der Waals surface area (Å²) in [5, 5.41) is 0. The molecule has 2 unspecified atom stereocenters. The van der Waals surface area contributed by atoms with Crippen LogP contribution in [0.5, 0.6) is 0 Å². The Morgan fingerprint density at radius 1 is 1.12 bits per heavy atom. The number of hydrogen-bond acceptors (Lipinski definition) is 2. The summed E-state index contributed by atoms with van der Waals surface area (Å²) in [6, 6.07) is 10.4. The summed E-state index contributed by atoms with van der Waals surface area (Å²) in [7, 11) is 2.23. The Bertz CT molecular complexity index is 560. The number of ketones is 1. The van der Waals surface area contributed by atoms with Gasteiger partial charge in [-0.2, -0.15) is 0 Å². The van der Waals surface area contributed by atoms with E-state index in [0.29, 0.717) is 36.1 Å². The first-order valence-electron chi connectivity index (χ1n) is 9.95. The fraction of sp³-hybridized carbons (Fsp3) is 0.682. The molecule has 24 heavy (non-hydrogen) atoms. The number of carbonyl (C=O) groups is 1. The molecule has 2 heterocycles. The highest BCUT2D eigenvalue weighted by Gasteiger charge is 2.48. The second-order valence-electron chi connectivity index (χ2n) is 7.83. The summed E-state index contributed by atoms with van der Waals surface area (Å²) in [5.74, 6) is 1.74. The Morgan fingerprint density at radius 3 is 2.38 bits per heavy atom. The molecule has 2 heteroatoms. The number of nitrogens with zero attached hydrogens (tertiary/aromatic N) is 1. The summed E-state index contributed by atoms with van der Waals surface area (Å²) in [4.78, 5) is 15.2. The van der Waals surface area contributed by atoms with Gasteiger partial charge in [0.05, 0.1) is 0 Å². The van der Waals surface area contributed by atoms with E-state index in [1.165, 1.54) is 36.8 Å². The molecule has 132 valence electrons. The van der Waals surface area contributed by atoms with Crippen LogP contribution in [-0.4, -0.2) is 29.8 Å². The van der Waals surface area contributed by atoms with Crippen molar-refractivity contribution in [2.24, 2.45) is 5.92 Å². The number of hydrogen-bond donors (Lipinski definition) is 0. The van der Waals surface area contributed by atoms with Crippen LogP contribution in [0.4, 0.5) is 0 Å². The highest BCUT2D eigenvalue weighted by Crippen LogP contribution is 2.47. The molecular weight excluding hydrogens is 294 g/mol. The van der Waals surface area contributed by atoms with Gasteiger partial charge in [-0.05, 0) is 62.1 Å². The lowest BCUT2D eigenvalue weighted by molar-refractivity contribution is -0.126. The zero-order chi connectivity index (χ0) is 17.3. The molecule has 2 fully saturated rings. The third kappa shape index (κ3) is 3.06. The molecular formula is C22H33NO. The van der Waals surface area contributed by atoms with Crippen LogP contribution in [0.25, 0.3) is 0 Å². The zero-order valence-corrected chi connectivity index (χ0v) is 15.8. The molecule has 0 amide bonds. The van der Waals surface area contributed by atoms with Gasteiger partial charge in [-0.1, -0.05) is 45.0 Å². The maximum atomic E-state index is 12.7. The fourth-order valence-corrected chi connectivity index (χ4v) is 5.26. The summed E-state index contributed by atoms with van der Waals surface area (Å²) in [5.41, 5.74) is 2.85. The number of benzene rings is 1. The van der Waals surface area contributed by atoms with Gasteiger partial charge in [-0.15, -0.1) is 0 Å². The summed E-state index contributed by atoms with van der Waals surface area (Å²) < 4.78 is 0. The fourth-order valence-electron chi connectivity index (χ4n) is 5.26. The van der Waals surface area contributed by atoms with E-state index in [9.17, 15) is 4.79 Å². The first-order chi connectivity index (χ1) is 11.6. The van der Waals surface area contributed by atoms with Gasteiger partial charge in [0.25, 0.3) is 0 Å². The number of Topliss-reactive ketones (excluding diaryl/α,β-unsaturated/α-hetero) is 1. The minimum absolute atomic E-state index is 0.192. The van der Waals surface area contributed by atoms with E-state index in [0.717, 1.165) is 6.42 Å². The van der Waals surface area contributed by atoms with Crippen LogP contribution in [0.3, 0.4) is 0 Å². The van der Waals surface area contributed by atoms with E-state index < -0.39 is 0 Å². The van der Waals surface area contributed by atoms with E-state index in [-0.39, 0.29) is 5.92 Å². The summed E-state index contributed by atoms with van der Waals surface area (Å²) in [6.45, 7) is 6.57. The molecule has 2 saturated heterocycles. The third-order valence-electron chi connectivity index (χ3n) is 6.81. The smallest absolute Gasteiger partial charge is 0.137 e. The van der Waals surface area contributed by atoms with Gasteiger partial charge in [0.15, 0.2) is 0 Å². The highest BCUT2D eigenvalue weighted by atomic mass is 16.1. The van der Waals surface area contributed by atoms with Gasteiger partial charge in [0.1, 0.15) is 5.78 Å². The predicted molar refractivity (Wildman–Crippen MR) is 100 cm³/mol. The molecule has 0 aliphatic carbocycles. The zero-order valence-electron chi connectivity index (χ0n) is 15.8. The maximum absolute atomic E-state index is 12.7. The SMILES string of the molecule is CCC(=O)[C@@H]1C2CCC(C[C@@H]1c1ccc(C(CC)CC)cc1)N2C. The first kappa shape index (κ1) is 17.7. The Labute approximate surface area is 147 Å². The van der Waals surface area contributed by atoms with Crippen molar-refractivity contribution in [1.82, 2.24) is 4.90 Å². The van der Waals surface area contributed by atoms with Crippen molar-refractivity contribution >= 4 is 5.78 Å². The Hall–Kier alpha value is -1.15. The quantitative estimate of drug-likeness (QED) is 0.721. The van der Waals surface area contributed by atoms with E-state index in [4.69, 9.17) is 0 Å². The lowest BCUT2D eigenvalue weighted by Gasteiger charge is -2.42. The molecule has 4 atom stereocenters. The molecule has 0 saturated carbocycles. The molecule has 3 rings (SSSR count). The molecule has 1 aromatic rings. The second-order valence-corrected chi connectivity index (χ2v) is 7.83. The van der Waals surface area contributed by atoms with Gasteiger partial charge < -0.3 is 0 Å². The van der Waals surface area contributed by atoms with E-state index >= 15 is 0 Å². The van der Waals surface area contributed by atoms with Crippen LogP contribution < -0.4 is 0 Å². The molecule has 0 spiro atoms. The number of fused-ring (bicyclic) bond motifs is 2. The van der Waals surface area contributed by atoms with Gasteiger partial charge >= 0.3 is 0 Å². The van der Waals surface area contributed by atoms with E-state index in [1.54, 1.807) is 0 Å². The predicted octanol–water partition coefficient (Wildman–Crippen LogP) is 5.14. The van der Waals surface area contributed by atoms with Crippen molar-refractivity contribution in [1.29, 1.82) is 0 Å². The van der Waals surface area contributed by atoms with Crippen molar-refractivity contribution < 1.29 is 4.79 Å². The van der Waals surface area contributed by atoms with E-state index in [2.05, 4.69) is 50.1 Å². The second kappa shape index (κ2) is 7.39. The molecule has 0 aromatic heterocycles. The molecule has 0 radical (unpaired) electrons. The number of piperidine rings is 1. The average Bonchev–Trinajstić information content (AvgIpc) is 2.85. The number of carbonyl (C=O) groups excluding carboxylic acids is 1. The first-order valence-corrected chi connectivity index (χ1v) is 9.95. The Kier molecular flexibility index (Phi) is 5.44. The summed E-state index contributed by atoms with van der Waals surface area (Å²) in [6.07, 6.45) is 6.67. The molecule has 2 nitrogen and oxygen atoms in total. The summed E-state index contributed by atoms with van der Waals surface area (Å²) >= 11 is 0. The van der Waals surface area contributed by atoms with Gasteiger partial charge in [0.2, 0.25) is 0 Å². The van der Waals surface area contributed by atoms with Gasteiger partial charge in [-0.3, -0.25) is 9.69 Å². The molecule has 1 aromatic carbocycles. The van der Waals surface area contributed by atoms with Crippen LogP contribution in [0.1, 0.15) is 82.3 Å². The topological polar surface area (TPSA) is 20.3 Å². The van der Waals surface area contributed by atoms with Crippen LogP contribution in [0, 0.1) is 5.92 Å². The maximum Gasteiger partial charge on any atom is 0.137 e. The highest BCUT2D eigenvalue weighted by molar-refractivity contribution is 5.82. The minimum Gasteiger partial charge on any atom is -0.300 e. The van der Waals surface area contributed by atoms with Crippen LogP contribution in [-0.2, 0) is 4.79 Å². The van der Waals surface area contributed by atoms with Crippen molar-refractivity contribution in [2.75, 3.05) is 7.05 Å². The van der Waals surface area contributed by atoms with Gasteiger partial charge in [-0.25, -0.2) is 0 Å². The van der Waals surface area contributed by atoms with Crippen LogP contribution in [0.2, 0.25) is 0 Å². The average molecular weight is 328 g/mol. The van der Waals surface area contributed by atoms with Gasteiger partial charge in [0, 0.05) is 24.4 Å². The minimum atomic E-state index is 0.192. The lowest BCUT2D eigenvalue weighted by Crippen LogP contribution is -2.48. The van der Waals surface area contributed by atoms with Crippen molar-refractivity contribution in [3.8, 4) is 0 Å². The molecule has 2 bridgehead atoms. The third-order valence-corrected chi connectivity index (χ3v) is 6.81. The Morgan fingerprint density at radius 2 is 1.79 bits per heavy atom. The van der Waals surface area contributed by atoms with Crippen molar-refractivity contribution in [3.05, 3.63) is 35.4 Å². The normalized spacial score (nSPS) is 30.0. The molecule has 0 N–H and O–H groups in total. The van der Waals surface area contributed by atoms with E-state index in [1.807, 2.05) is 6.92 Å². The number of rotatable bonds is 6. The molecule has 2 aliphatic rings. The van der Waals surface area contributed by atoms with Crippen LogP contribution in [0.15, 0.2) is 24.3 Å².